The fourth-order valence-electron chi connectivity index (χ4n) is 3.43. The monoisotopic (exact) mass is 340 g/mol. The van der Waals surface area contributed by atoms with Crippen molar-refractivity contribution in [1.82, 2.24) is 4.90 Å². The molecular formula is C21H28N2O2. The highest BCUT2D eigenvalue weighted by atomic mass is 16.5. The first kappa shape index (κ1) is 17.6. The number of hydrogen-bond acceptors (Lipinski definition) is 4. The molecular weight excluding hydrogens is 312 g/mol. The quantitative estimate of drug-likeness (QED) is 0.830. The molecule has 2 aromatic carbocycles. The van der Waals surface area contributed by atoms with E-state index in [1.807, 2.05) is 12.1 Å². The van der Waals surface area contributed by atoms with Gasteiger partial charge in [0.1, 0.15) is 11.5 Å². The van der Waals surface area contributed by atoms with Crippen molar-refractivity contribution >= 4 is 5.69 Å². The number of piperazine rings is 1. The van der Waals surface area contributed by atoms with Crippen molar-refractivity contribution in [3.63, 3.8) is 0 Å². The maximum Gasteiger partial charge on any atom is 0.127 e. The zero-order chi connectivity index (χ0) is 17.8. The van der Waals surface area contributed by atoms with Gasteiger partial charge in [-0.25, -0.2) is 0 Å². The minimum Gasteiger partial charge on any atom is -0.497 e. The molecule has 4 heteroatoms. The first-order valence-electron chi connectivity index (χ1n) is 8.86. The fourth-order valence-corrected chi connectivity index (χ4v) is 3.43. The molecule has 1 fully saturated rings. The molecule has 0 aromatic heterocycles. The Kier molecular flexibility index (Phi) is 5.49. The molecule has 0 aliphatic carbocycles. The SMILES string of the molecule is COc1ccc(CN2CCN(c3cc(C)ccc3C)CC2)c(OC)c1. The second kappa shape index (κ2) is 7.79. The number of hydrogen-bond donors (Lipinski definition) is 0. The van der Waals surface area contributed by atoms with Crippen LogP contribution in [0.5, 0.6) is 11.5 Å². The summed E-state index contributed by atoms with van der Waals surface area (Å²) in [6, 6.07) is 12.8. The Balaban J connectivity index is 1.64. The lowest BCUT2D eigenvalue weighted by molar-refractivity contribution is 0.246. The molecule has 0 spiro atoms. The lowest BCUT2D eigenvalue weighted by Crippen LogP contribution is -2.46. The second-order valence-corrected chi connectivity index (χ2v) is 6.73. The number of rotatable bonds is 5. The summed E-state index contributed by atoms with van der Waals surface area (Å²) in [5, 5.41) is 0. The number of ether oxygens (including phenoxy) is 2. The van der Waals surface area contributed by atoms with E-state index in [0.717, 1.165) is 44.2 Å². The third-order valence-electron chi connectivity index (χ3n) is 4.97. The lowest BCUT2D eigenvalue weighted by Gasteiger charge is -2.37. The van der Waals surface area contributed by atoms with E-state index in [0.29, 0.717) is 0 Å². The molecule has 25 heavy (non-hydrogen) atoms. The Morgan fingerprint density at radius 1 is 0.880 bits per heavy atom. The summed E-state index contributed by atoms with van der Waals surface area (Å²) >= 11 is 0. The second-order valence-electron chi connectivity index (χ2n) is 6.73. The van der Waals surface area contributed by atoms with Crippen LogP contribution in [0.15, 0.2) is 36.4 Å². The van der Waals surface area contributed by atoms with Crippen LogP contribution in [0.2, 0.25) is 0 Å². The largest absolute Gasteiger partial charge is 0.497 e. The lowest BCUT2D eigenvalue weighted by atomic mass is 10.1. The van der Waals surface area contributed by atoms with Crippen LogP contribution >= 0.6 is 0 Å². The summed E-state index contributed by atoms with van der Waals surface area (Å²) in [6.07, 6.45) is 0. The van der Waals surface area contributed by atoms with Gasteiger partial charge in [0, 0.05) is 50.0 Å². The molecule has 3 rings (SSSR count). The van der Waals surface area contributed by atoms with E-state index < -0.39 is 0 Å². The van der Waals surface area contributed by atoms with Gasteiger partial charge in [-0.2, -0.15) is 0 Å². The van der Waals surface area contributed by atoms with Gasteiger partial charge in [-0.05, 0) is 37.1 Å². The summed E-state index contributed by atoms with van der Waals surface area (Å²) in [5.74, 6) is 1.73. The van der Waals surface area contributed by atoms with Crippen LogP contribution in [0.4, 0.5) is 5.69 Å². The van der Waals surface area contributed by atoms with Gasteiger partial charge in [0.15, 0.2) is 0 Å². The molecule has 134 valence electrons. The molecule has 0 atom stereocenters. The minimum atomic E-state index is 0.834. The molecule has 0 amide bonds. The smallest absolute Gasteiger partial charge is 0.127 e. The van der Waals surface area contributed by atoms with Crippen LogP contribution in [-0.4, -0.2) is 45.3 Å². The molecule has 0 unspecified atom stereocenters. The van der Waals surface area contributed by atoms with Crippen LogP contribution in [0.25, 0.3) is 0 Å². The molecule has 0 saturated carbocycles. The van der Waals surface area contributed by atoms with Crippen LogP contribution < -0.4 is 14.4 Å². The number of benzene rings is 2. The van der Waals surface area contributed by atoms with Crippen molar-refractivity contribution in [3.8, 4) is 11.5 Å². The van der Waals surface area contributed by atoms with Gasteiger partial charge >= 0.3 is 0 Å². The zero-order valence-electron chi connectivity index (χ0n) is 15.7. The molecule has 1 heterocycles. The van der Waals surface area contributed by atoms with Crippen LogP contribution in [0.3, 0.4) is 0 Å². The summed E-state index contributed by atoms with van der Waals surface area (Å²) in [5.41, 5.74) is 5.27. The van der Waals surface area contributed by atoms with E-state index in [1.54, 1.807) is 14.2 Å². The maximum absolute atomic E-state index is 5.53. The van der Waals surface area contributed by atoms with Crippen LogP contribution in [0, 0.1) is 13.8 Å². The Hall–Kier alpha value is -2.20. The zero-order valence-corrected chi connectivity index (χ0v) is 15.7. The third-order valence-corrected chi connectivity index (χ3v) is 4.97. The van der Waals surface area contributed by atoms with E-state index in [9.17, 15) is 0 Å². The van der Waals surface area contributed by atoms with E-state index in [4.69, 9.17) is 9.47 Å². The topological polar surface area (TPSA) is 24.9 Å². The normalized spacial score (nSPS) is 15.3. The van der Waals surface area contributed by atoms with E-state index in [2.05, 4.69) is 47.9 Å². The van der Waals surface area contributed by atoms with Crippen LogP contribution in [-0.2, 0) is 6.54 Å². The fraction of sp³-hybridized carbons (Fsp3) is 0.429. The van der Waals surface area contributed by atoms with Crippen molar-refractivity contribution in [2.24, 2.45) is 0 Å². The third kappa shape index (κ3) is 4.07. The number of anilines is 1. The maximum atomic E-state index is 5.53. The summed E-state index contributed by atoms with van der Waals surface area (Å²) in [6.45, 7) is 9.50. The van der Waals surface area contributed by atoms with Crippen molar-refractivity contribution in [2.75, 3.05) is 45.3 Å². The minimum absolute atomic E-state index is 0.834. The van der Waals surface area contributed by atoms with Crippen molar-refractivity contribution in [2.45, 2.75) is 20.4 Å². The van der Waals surface area contributed by atoms with Gasteiger partial charge in [-0.1, -0.05) is 18.2 Å². The Morgan fingerprint density at radius 3 is 2.32 bits per heavy atom. The summed E-state index contributed by atoms with van der Waals surface area (Å²) < 4.78 is 10.8. The summed E-state index contributed by atoms with van der Waals surface area (Å²) in [4.78, 5) is 5.00. The molecule has 0 bridgehead atoms. The Labute approximate surface area is 151 Å². The van der Waals surface area contributed by atoms with Crippen LogP contribution in [0.1, 0.15) is 16.7 Å². The number of nitrogens with zero attached hydrogens (tertiary/aromatic N) is 2. The highest BCUT2D eigenvalue weighted by Gasteiger charge is 2.19. The predicted molar refractivity (Wildman–Crippen MR) is 103 cm³/mol. The Bertz CT molecular complexity index is 722. The van der Waals surface area contributed by atoms with E-state index in [-0.39, 0.29) is 0 Å². The van der Waals surface area contributed by atoms with Crippen molar-refractivity contribution in [1.29, 1.82) is 0 Å². The molecule has 1 aliphatic heterocycles. The van der Waals surface area contributed by atoms with Gasteiger partial charge in [0.2, 0.25) is 0 Å². The molecule has 4 nitrogen and oxygen atoms in total. The molecule has 2 aromatic rings. The average molecular weight is 340 g/mol. The highest BCUT2D eigenvalue weighted by molar-refractivity contribution is 5.55. The number of methoxy groups -OCH3 is 2. The number of aryl methyl sites for hydroxylation is 2. The molecule has 0 N–H and O–H groups in total. The highest BCUT2D eigenvalue weighted by Crippen LogP contribution is 2.27. The molecule has 0 radical (unpaired) electrons. The van der Waals surface area contributed by atoms with Gasteiger partial charge in [-0.15, -0.1) is 0 Å². The standard InChI is InChI=1S/C21H28N2O2/c1-16-5-6-17(2)20(13-16)23-11-9-22(10-12-23)15-18-7-8-19(24-3)14-21(18)25-4/h5-8,13-14H,9-12,15H2,1-4H3. The van der Waals surface area contributed by atoms with Gasteiger partial charge < -0.3 is 14.4 Å². The molecule has 1 aliphatic rings. The first-order chi connectivity index (χ1) is 12.1. The van der Waals surface area contributed by atoms with E-state index >= 15 is 0 Å². The average Bonchev–Trinajstić information content (AvgIpc) is 2.64. The van der Waals surface area contributed by atoms with E-state index in [1.165, 1.54) is 22.4 Å². The summed E-state index contributed by atoms with van der Waals surface area (Å²) in [7, 11) is 3.40. The van der Waals surface area contributed by atoms with Gasteiger partial charge in [0.05, 0.1) is 14.2 Å². The molecule has 1 saturated heterocycles. The predicted octanol–water partition coefficient (Wildman–Crippen LogP) is 3.64. The first-order valence-corrected chi connectivity index (χ1v) is 8.86. The Morgan fingerprint density at radius 2 is 1.64 bits per heavy atom. The van der Waals surface area contributed by atoms with Gasteiger partial charge in [-0.3, -0.25) is 4.90 Å². The van der Waals surface area contributed by atoms with Crippen molar-refractivity contribution in [3.05, 3.63) is 53.1 Å². The van der Waals surface area contributed by atoms with Crippen molar-refractivity contribution < 1.29 is 9.47 Å². The van der Waals surface area contributed by atoms with Gasteiger partial charge in [0.25, 0.3) is 0 Å².